The van der Waals surface area contributed by atoms with E-state index in [9.17, 15) is 22.8 Å². The molecule has 1 aliphatic heterocycles. The Balaban J connectivity index is 2.15. The second kappa shape index (κ2) is 7.68. The van der Waals surface area contributed by atoms with Crippen molar-refractivity contribution in [1.82, 2.24) is 10.2 Å². The van der Waals surface area contributed by atoms with Gasteiger partial charge in [0.25, 0.3) is 0 Å². The number of nitrogens with one attached hydrogen (secondary N) is 2. The fourth-order valence-electron chi connectivity index (χ4n) is 2.37. The molecule has 0 spiro atoms. The number of esters is 1. The second-order valence-electron chi connectivity index (χ2n) is 5.29. The van der Waals surface area contributed by atoms with Gasteiger partial charge in [-0.25, -0.2) is 0 Å². The van der Waals surface area contributed by atoms with E-state index in [0.717, 1.165) is 12.1 Å². The molecule has 0 aromatic heterocycles. The van der Waals surface area contributed by atoms with Crippen LogP contribution in [-0.4, -0.2) is 48.1 Å². The lowest BCUT2D eigenvalue weighted by Crippen LogP contribution is -2.58. The molecule has 2 N–H and O–H groups in total. The van der Waals surface area contributed by atoms with Crippen LogP contribution in [0.15, 0.2) is 24.3 Å². The summed E-state index contributed by atoms with van der Waals surface area (Å²) in [7, 11) is 1.20. The van der Waals surface area contributed by atoms with Crippen LogP contribution in [0.2, 0.25) is 0 Å². The lowest BCUT2D eigenvalue weighted by Gasteiger charge is -2.36. The Kier molecular flexibility index (Phi) is 5.83. The predicted molar refractivity (Wildman–Crippen MR) is 87.8 cm³/mol. The van der Waals surface area contributed by atoms with Gasteiger partial charge in [0.15, 0.2) is 5.11 Å². The van der Waals surface area contributed by atoms with E-state index in [4.69, 9.17) is 12.2 Å². The molecule has 1 atom stereocenters. The molecule has 1 heterocycles. The van der Waals surface area contributed by atoms with Gasteiger partial charge in [-0.05, 0) is 30.4 Å². The fourth-order valence-corrected chi connectivity index (χ4v) is 2.71. The van der Waals surface area contributed by atoms with Crippen molar-refractivity contribution in [2.75, 3.05) is 25.5 Å². The Bertz CT molecular complexity index is 681. The number of carbonyl (C=O) groups excluding carboxylic acids is 2. The first kappa shape index (κ1) is 19.0. The summed E-state index contributed by atoms with van der Waals surface area (Å²) < 4.78 is 42.9. The van der Waals surface area contributed by atoms with Crippen LogP contribution in [0.4, 0.5) is 18.9 Å². The monoisotopic (exact) mass is 375 g/mol. The molecule has 0 saturated carbocycles. The minimum absolute atomic E-state index is 0.0584. The summed E-state index contributed by atoms with van der Waals surface area (Å²) in [6.45, 7) is 0.624. The van der Waals surface area contributed by atoms with Crippen LogP contribution in [0.3, 0.4) is 0 Å². The molecule has 6 nitrogen and oxygen atoms in total. The molecule has 10 heteroatoms. The van der Waals surface area contributed by atoms with Crippen molar-refractivity contribution >= 4 is 34.9 Å². The van der Waals surface area contributed by atoms with Gasteiger partial charge in [-0.15, -0.1) is 0 Å². The Morgan fingerprint density at radius 1 is 1.48 bits per heavy atom. The van der Waals surface area contributed by atoms with Crippen LogP contribution in [0.25, 0.3) is 0 Å². The summed E-state index contributed by atoms with van der Waals surface area (Å²) in [6.07, 6.45) is -4.69. The number of thiocarbonyl (C=S) groups is 1. The number of piperazine rings is 1. The van der Waals surface area contributed by atoms with Gasteiger partial charge in [-0.1, -0.05) is 6.07 Å². The molecule has 1 fully saturated rings. The van der Waals surface area contributed by atoms with E-state index in [1.165, 1.54) is 24.1 Å². The fraction of sp³-hybridized carbons (Fsp3) is 0.400. The first-order chi connectivity index (χ1) is 11.7. The summed E-state index contributed by atoms with van der Waals surface area (Å²) in [5.41, 5.74) is -0.676. The van der Waals surface area contributed by atoms with Crippen molar-refractivity contribution < 1.29 is 27.5 Å². The molecule has 1 amide bonds. The maximum Gasteiger partial charge on any atom is 0.416 e. The minimum atomic E-state index is -4.47. The van der Waals surface area contributed by atoms with E-state index in [1.54, 1.807) is 0 Å². The van der Waals surface area contributed by atoms with Crippen LogP contribution in [0.1, 0.15) is 12.0 Å². The van der Waals surface area contributed by atoms with Crippen molar-refractivity contribution in [1.29, 1.82) is 0 Å². The highest BCUT2D eigenvalue weighted by Gasteiger charge is 2.34. The van der Waals surface area contributed by atoms with E-state index < -0.39 is 29.7 Å². The SMILES string of the molecule is COC(=O)C[C@H]1C(=O)NCCN1C(=S)Nc1cccc(C(F)(F)F)c1. The van der Waals surface area contributed by atoms with Crippen LogP contribution < -0.4 is 10.6 Å². The van der Waals surface area contributed by atoms with E-state index >= 15 is 0 Å². The molecular formula is C15H16F3N3O3S. The van der Waals surface area contributed by atoms with Gasteiger partial charge in [0.1, 0.15) is 6.04 Å². The van der Waals surface area contributed by atoms with E-state index in [-0.39, 0.29) is 17.2 Å². The Morgan fingerprint density at radius 3 is 2.84 bits per heavy atom. The van der Waals surface area contributed by atoms with E-state index in [1.807, 2.05) is 0 Å². The quantitative estimate of drug-likeness (QED) is 0.620. The molecule has 25 heavy (non-hydrogen) atoms. The molecule has 1 aliphatic rings. The van der Waals surface area contributed by atoms with Crippen LogP contribution >= 0.6 is 12.2 Å². The number of anilines is 1. The normalized spacial score (nSPS) is 17.7. The molecule has 0 radical (unpaired) electrons. The standard InChI is InChI=1S/C15H16F3N3O3S/c1-24-12(22)8-11-13(23)19-5-6-21(11)14(25)20-10-4-2-3-9(7-10)15(16,17)18/h2-4,7,11H,5-6,8H2,1H3,(H,19,23)(H,20,25)/t11-/m0/s1. The minimum Gasteiger partial charge on any atom is -0.469 e. The third kappa shape index (κ3) is 4.81. The Hall–Kier alpha value is -2.36. The number of halogens is 3. The molecule has 2 rings (SSSR count). The average molecular weight is 375 g/mol. The third-order valence-corrected chi connectivity index (χ3v) is 3.96. The smallest absolute Gasteiger partial charge is 0.416 e. The maximum atomic E-state index is 12.8. The average Bonchev–Trinajstić information content (AvgIpc) is 2.55. The summed E-state index contributed by atoms with van der Waals surface area (Å²) >= 11 is 5.21. The zero-order valence-electron chi connectivity index (χ0n) is 13.2. The van der Waals surface area contributed by atoms with Gasteiger partial charge < -0.3 is 20.3 Å². The summed E-state index contributed by atoms with van der Waals surface area (Å²) in [4.78, 5) is 25.0. The number of ether oxygens (including phenoxy) is 1. The van der Waals surface area contributed by atoms with Gasteiger partial charge in [-0.2, -0.15) is 13.2 Å². The van der Waals surface area contributed by atoms with Gasteiger partial charge in [0.2, 0.25) is 5.91 Å². The molecule has 1 aromatic carbocycles. The zero-order valence-corrected chi connectivity index (χ0v) is 14.0. The lowest BCUT2D eigenvalue weighted by atomic mass is 10.1. The number of carbonyl (C=O) groups is 2. The number of rotatable bonds is 3. The van der Waals surface area contributed by atoms with Gasteiger partial charge in [-0.3, -0.25) is 9.59 Å². The van der Waals surface area contributed by atoms with Crippen molar-refractivity contribution in [2.24, 2.45) is 0 Å². The number of amides is 1. The number of alkyl halides is 3. The van der Waals surface area contributed by atoms with Crippen LogP contribution in [0.5, 0.6) is 0 Å². The number of nitrogens with zero attached hydrogens (tertiary/aromatic N) is 1. The number of hydrogen-bond acceptors (Lipinski definition) is 4. The van der Waals surface area contributed by atoms with E-state index in [0.29, 0.717) is 13.1 Å². The highest BCUT2D eigenvalue weighted by atomic mass is 32.1. The van der Waals surface area contributed by atoms with Crippen LogP contribution in [0, 0.1) is 0 Å². The van der Waals surface area contributed by atoms with Crippen molar-refractivity contribution in [3.8, 4) is 0 Å². The lowest BCUT2D eigenvalue weighted by molar-refractivity contribution is -0.144. The Labute approximate surface area is 147 Å². The molecule has 0 unspecified atom stereocenters. The molecule has 0 bridgehead atoms. The third-order valence-electron chi connectivity index (χ3n) is 3.62. The van der Waals surface area contributed by atoms with E-state index in [2.05, 4.69) is 15.4 Å². The maximum absolute atomic E-state index is 12.8. The van der Waals surface area contributed by atoms with Gasteiger partial charge in [0.05, 0.1) is 19.1 Å². The molecule has 136 valence electrons. The summed E-state index contributed by atoms with van der Waals surface area (Å²) in [5, 5.41) is 5.36. The highest BCUT2D eigenvalue weighted by molar-refractivity contribution is 7.80. The van der Waals surface area contributed by atoms with Gasteiger partial charge in [0, 0.05) is 18.8 Å². The van der Waals surface area contributed by atoms with Crippen molar-refractivity contribution in [2.45, 2.75) is 18.6 Å². The molecule has 0 aliphatic carbocycles. The van der Waals surface area contributed by atoms with Crippen LogP contribution in [-0.2, 0) is 20.5 Å². The largest absolute Gasteiger partial charge is 0.469 e. The summed E-state index contributed by atoms with van der Waals surface area (Å²) in [5.74, 6) is -0.987. The first-order valence-corrected chi connectivity index (χ1v) is 7.72. The topological polar surface area (TPSA) is 70.7 Å². The molecule has 1 aromatic rings. The highest BCUT2D eigenvalue weighted by Crippen LogP contribution is 2.30. The van der Waals surface area contributed by atoms with Gasteiger partial charge >= 0.3 is 12.1 Å². The molecular weight excluding hydrogens is 359 g/mol. The zero-order chi connectivity index (χ0) is 18.6. The first-order valence-electron chi connectivity index (χ1n) is 7.32. The second-order valence-corrected chi connectivity index (χ2v) is 5.68. The van der Waals surface area contributed by atoms with Crippen molar-refractivity contribution in [3.05, 3.63) is 29.8 Å². The summed E-state index contributed by atoms with van der Waals surface area (Å²) in [6, 6.07) is 3.67. The predicted octanol–water partition coefficient (Wildman–Crippen LogP) is 1.77. The number of benzene rings is 1. The molecule has 1 saturated heterocycles. The van der Waals surface area contributed by atoms with Crippen molar-refractivity contribution in [3.63, 3.8) is 0 Å². The Morgan fingerprint density at radius 2 is 2.20 bits per heavy atom. The number of hydrogen-bond donors (Lipinski definition) is 2. The number of methoxy groups -OCH3 is 1.